The normalized spacial score (nSPS) is 24.1. The highest BCUT2D eigenvalue weighted by Gasteiger charge is 2.29. The Hall–Kier alpha value is -1.11. The molecule has 0 amide bonds. The van der Waals surface area contributed by atoms with Crippen LogP contribution in [-0.4, -0.2) is 32.8 Å². The van der Waals surface area contributed by atoms with E-state index in [2.05, 4.69) is 0 Å². The van der Waals surface area contributed by atoms with Gasteiger partial charge in [0, 0.05) is 0 Å². The summed E-state index contributed by atoms with van der Waals surface area (Å²) in [5, 5.41) is 9.75. The second-order valence-corrected chi connectivity index (χ2v) is 6.19. The van der Waals surface area contributed by atoms with E-state index in [4.69, 9.17) is 8.92 Å². The minimum atomic E-state index is -3.83. The van der Waals surface area contributed by atoms with Gasteiger partial charge in [-0.15, -0.1) is 0 Å². The van der Waals surface area contributed by atoms with Gasteiger partial charge in [-0.1, -0.05) is 12.8 Å². The molecule has 1 aliphatic rings. The van der Waals surface area contributed by atoms with E-state index < -0.39 is 22.3 Å². The molecule has 0 heterocycles. The molecule has 1 fully saturated rings. The zero-order chi connectivity index (χ0) is 13.9. The predicted octanol–water partition coefficient (Wildman–Crippen LogP) is 1.70. The van der Waals surface area contributed by atoms with Crippen molar-refractivity contribution in [2.24, 2.45) is 0 Å². The van der Waals surface area contributed by atoms with Gasteiger partial charge in [0.1, 0.15) is 11.9 Å². The Labute approximate surface area is 113 Å². The molecule has 0 spiro atoms. The van der Waals surface area contributed by atoms with Crippen molar-refractivity contribution >= 4 is 10.1 Å². The molecule has 5 nitrogen and oxygen atoms in total. The van der Waals surface area contributed by atoms with Crippen LogP contribution in [0.5, 0.6) is 5.75 Å². The zero-order valence-corrected chi connectivity index (χ0v) is 11.6. The van der Waals surface area contributed by atoms with Crippen molar-refractivity contribution in [1.82, 2.24) is 0 Å². The standard InChI is InChI=1S/C13H18O5S/c1-17-10-6-8-11(9-7-10)19(15,16)18-13-5-3-2-4-12(13)14/h6-9,12-14H,2-5H2,1H3/t12-,13+/m1/s1. The van der Waals surface area contributed by atoms with E-state index in [0.29, 0.717) is 18.6 Å². The first-order valence-electron chi connectivity index (χ1n) is 6.28. The summed E-state index contributed by atoms with van der Waals surface area (Å²) in [7, 11) is -2.32. The number of ether oxygens (including phenoxy) is 1. The zero-order valence-electron chi connectivity index (χ0n) is 10.8. The van der Waals surface area contributed by atoms with E-state index >= 15 is 0 Å². The molecule has 0 bridgehead atoms. The Kier molecular flexibility index (Phi) is 4.44. The lowest BCUT2D eigenvalue weighted by Gasteiger charge is -2.26. The first kappa shape index (κ1) is 14.3. The summed E-state index contributed by atoms with van der Waals surface area (Å²) in [5.74, 6) is 0.580. The number of hydrogen-bond acceptors (Lipinski definition) is 5. The molecule has 0 aliphatic heterocycles. The second kappa shape index (κ2) is 5.90. The lowest BCUT2D eigenvalue weighted by molar-refractivity contribution is 0.0105. The molecule has 2 rings (SSSR count). The molecule has 1 aromatic carbocycles. The highest BCUT2D eigenvalue weighted by Crippen LogP contribution is 2.25. The van der Waals surface area contributed by atoms with Crippen molar-refractivity contribution in [2.75, 3.05) is 7.11 Å². The summed E-state index contributed by atoms with van der Waals surface area (Å²) in [6.07, 6.45) is 1.59. The Bertz CT molecular complexity index is 508. The SMILES string of the molecule is COc1ccc(S(=O)(=O)O[C@H]2CCCC[C@H]2O)cc1. The summed E-state index contributed by atoms with van der Waals surface area (Å²) in [6.45, 7) is 0. The van der Waals surface area contributed by atoms with Gasteiger partial charge in [-0.25, -0.2) is 0 Å². The number of rotatable bonds is 4. The molecule has 0 radical (unpaired) electrons. The van der Waals surface area contributed by atoms with Crippen molar-refractivity contribution in [3.8, 4) is 5.75 Å². The fraction of sp³-hybridized carbons (Fsp3) is 0.538. The fourth-order valence-electron chi connectivity index (χ4n) is 2.15. The summed E-state index contributed by atoms with van der Waals surface area (Å²) in [4.78, 5) is 0.0751. The van der Waals surface area contributed by atoms with Crippen molar-refractivity contribution in [3.63, 3.8) is 0 Å². The van der Waals surface area contributed by atoms with Gasteiger partial charge in [0.2, 0.25) is 0 Å². The molecule has 1 aliphatic carbocycles. The van der Waals surface area contributed by atoms with Crippen LogP contribution in [0.1, 0.15) is 25.7 Å². The molecule has 106 valence electrons. The lowest BCUT2D eigenvalue weighted by Crippen LogP contribution is -2.34. The molecule has 0 saturated heterocycles. The summed E-state index contributed by atoms with van der Waals surface area (Å²) < 4.78 is 34.2. The molecule has 1 aromatic rings. The minimum Gasteiger partial charge on any atom is -0.497 e. The quantitative estimate of drug-likeness (QED) is 0.853. The molecule has 0 unspecified atom stereocenters. The van der Waals surface area contributed by atoms with Gasteiger partial charge in [-0.05, 0) is 37.1 Å². The van der Waals surface area contributed by atoms with E-state index in [-0.39, 0.29) is 4.90 Å². The van der Waals surface area contributed by atoms with Crippen molar-refractivity contribution in [2.45, 2.75) is 42.8 Å². The second-order valence-electron chi connectivity index (χ2n) is 4.62. The smallest absolute Gasteiger partial charge is 0.297 e. The van der Waals surface area contributed by atoms with Gasteiger partial charge < -0.3 is 9.84 Å². The summed E-state index contributed by atoms with van der Waals surface area (Å²) in [6, 6.07) is 5.99. The molecule has 1 saturated carbocycles. The summed E-state index contributed by atoms with van der Waals surface area (Å²) >= 11 is 0. The van der Waals surface area contributed by atoms with E-state index in [9.17, 15) is 13.5 Å². The third-order valence-corrected chi connectivity index (χ3v) is 4.62. The first-order valence-corrected chi connectivity index (χ1v) is 7.69. The Morgan fingerprint density at radius 3 is 2.37 bits per heavy atom. The third kappa shape index (κ3) is 3.46. The van der Waals surface area contributed by atoms with E-state index in [0.717, 1.165) is 12.8 Å². The number of aliphatic hydroxyl groups is 1. The molecule has 2 atom stereocenters. The van der Waals surface area contributed by atoms with Crippen molar-refractivity contribution < 1.29 is 22.4 Å². The van der Waals surface area contributed by atoms with Crippen LogP contribution in [0.15, 0.2) is 29.2 Å². The van der Waals surface area contributed by atoms with Gasteiger partial charge >= 0.3 is 0 Å². The highest BCUT2D eigenvalue weighted by molar-refractivity contribution is 7.86. The highest BCUT2D eigenvalue weighted by atomic mass is 32.2. The van der Waals surface area contributed by atoms with Crippen LogP contribution < -0.4 is 4.74 Å². The van der Waals surface area contributed by atoms with Crippen LogP contribution in [-0.2, 0) is 14.3 Å². The van der Waals surface area contributed by atoms with Gasteiger partial charge in [0.05, 0.1) is 18.1 Å². The maximum absolute atomic E-state index is 12.1. The van der Waals surface area contributed by atoms with Gasteiger partial charge in [0.15, 0.2) is 0 Å². The monoisotopic (exact) mass is 286 g/mol. The lowest BCUT2D eigenvalue weighted by atomic mass is 9.95. The minimum absolute atomic E-state index is 0.0751. The number of aliphatic hydroxyl groups excluding tert-OH is 1. The first-order chi connectivity index (χ1) is 9.03. The van der Waals surface area contributed by atoms with Crippen LogP contribution in [0.4, 0.5) is 0 Å². The van der Waals surface area contributed by atoms with Gasteiger partial charge in [-0.2, -0.15) is 8.42 Å². The summed E-state index contributed by atoms with van der Waals surface area (Å²) in [5.41, 5.74) is 0. The van der Waals surface area contributed by atoms with Crippen LogP contribution >= 0.6 is 0 Å². The van der Waals surface area contributed by atoms with Crippen LogP contribution in [0.3, 0.4) is 0 Å². The Morgan fingerprint density at radius 2 is 1.79 bits per heavy atom. The van der Waals surface area contributed by atoms with E-state index in [1.165, 1.54) is 19.2 Å². The van der Waals surface area contributed by atoms with Crippen LogP contribution in [0.2, 0.25) is 0 Å². The topological polar surface area (TPSA) is 72.8 Å². The largest absolute Gasteiger partial charge is 0.497 e. The van der Waals surface area contributed by atoms with Gasteiger partial charge in [0.25, 0.3) is 10.1 Å². The van der Waals surface area contributed by atoms with Gasteiger partial charge in [-0.3, -0.25) is 4.18 Å². The molecule has 19 heavy (non-hydrogen) atoms. The third-order valence-electron chi connectivity index (χ3n) is 3.27. The average molecular weight is 286 g/mol. The van der Waals surface area contributed by atoms with Crippen LogP contribution in [0.25, 0.3) is 0 Å². The Balaban J connectivity index is 2.12. The number of benzene rings is 1. The maximum atomic E-state index is 12.1. The van der Waals surface area contributed by atoms with Crippen molar-refractivity contribution in [1.29, 1.82) is 0 Å². The molecule has 6 heteroatoms. The molecular weight excluding hydrogens is 268 g/mol. The molecular formula is C13H18O5S. The number of methoxy groups -OCH3 is 1. The van der Waals surface area contributed by atoms with Crippen LogP contribution in [0, 0.1) is 0 Å². The predicted molar refractivity (Wildman–Crippen MR) is 69.5 cm³/mol. The average Bonchev–Trinajstić information content (AvgIpc) is 2.41. The maximum Gasteiger partial charge on any atom is 0.297 e. The van der Waals surface area contributed by atoms with E-state index in [1.54, 1.807) is 12.1 Å². The number of hydrogen-bond donors (Lipinski definition) is 1. The Morgan fingerprint density at radius 1 is 1.16 bits per heavy atom. The van der Waals surface area contributed by atoms with E-state index in [1.807, 2.05) is 0 Å². The van der Waals surface area contributed by atoms with Crippen molar-refractivity contribution in [3.05, 3.63) is 24.3 Å². The fourth-order valence-corrected chi connectivity index (χ4v) is 3.28. The molecule has 0 aromatic heterocycles. The molecule has 1 N–H and O–H groups in total.